The summed E-state index contributed by atoms with van der Waals surface area (Å²) in [4.78, 5) is 16.5. The Morgan fingerprint density at radius 3 is 3.05 bits per heavy atom. The van der Waals surface area contributed by atoms with Crippen LogP contribution in [0, 0.1) is 5.92 Å². The Kier molecular flexibility index (Phi) is 4.07. The smallest absolute Gasteiger partial charge is 0.137 e. The number of rotatable bonds is 5. The fourth-order valence-corrected chi connectivity index (χ4v) is 2.94. The SMILES string of the molecule is O=C(CCC1CCNC1)Cc1ccnc2ccccc12. The predicted octanol–water partition coefficient (Wildman–Crippen LogP) is 2.74. The molecular formula is C17H20N2O. The Bertz CT molecular complexity index is 597. The van der Waals surface area contributed by atoms with Crippen molar-refractivity contribution in [1.29, 1.82) is 0 Å². The van der Waals surface area contributed by atoms with Crippen molar-refractivity contribution in [1.82, 2.24) is 10.3 Å². The molecule has 3 rings (SSSR count). The van der Waals surface area contributed by atoms with Crippen molar-refractivity contribution in [2.75, 3.05) is 13.1 Å². The summed E-state index contributed by atoms with van der Waals surface area (Å²) in [6.45, 7) is 2.18. The van der Waals surface area contributed by atoms with E-state index in [4.69, 9.17) is 0 Å². The third kappa shape index (κ3) is 3.05. The third-order valence-electron chi connectivity index (χ3n) is 4.12. The van der Waals surface area contributed by atoms with Gasteiger partial charge in [0, 0.05) is 24.4 Å². The molecule has 1 aliphatic heterocycles. The third-order valence-corrected chi connectivity index (χ3v) is 4.12. The maximum absolute atomic E-state index is 12.2. The number of Topliss-reactive ketones (excluding diaryl/α,β-unsaturated/α-hetero) is 1. The molecule has 1 unspecified atom stereocenters. The maximum Gasteiger partial charge on any atom is 0.137 e. The van der Waals surface area contributed by atoms with E-state index in [2.05, 4.69) is 10.3 Å². The average Bonchev–Trinajstić information content (AvgIpc) is 2.99. The summed E-state index contributed by atoms with van der Waals surface area (Å²) in [5.41, 5.74) is 2.07. The molecule has 3 heteroatoms. The second kappa shape index (κ2) is 6.14. The normalized spacial score (nSPS) is 18.5. The molecule has 0 spiro atoms. The van der Waals surface area contributed by atoms with Crippen molar-refractivity contribution in [3.63, 3.8) is 0 Å². The van der Waals surface area contributed by atoms with Crippen molar-refractivity contribution < 1.29 is 4.79 Å². The number of carbonyl (C=O) groups is 1. The second-order valence-electron chi connectivity index (χ2n) is 5.60. The van der Waals surface area contributed by atoms with Crippen LogP contribution in [0.4, 0.5) is 0 Å². The van der Waals surface area contributed by atoms with Crippen molar-refractivity contribution in [3.8, 4) is 0 Å². The molecule has 104 valence electrons. The Morgan fingerprint density at radius 2 is 2.20 bits per heavy atom. The molecule has 0 aliphatic carbocycles. The number of nitrogens with zero attached hydrogens (tertiary/aromatic N) is 1. The molecule has 0 amide bonds. The molecule has 1 aromatic carbocycles. The quantitative estimate of drug-likeness (QED) is 0.906. The molecule has 0 saturated carbocycles. The van der Waals surface area contributed by atoms with Gasteiger partial charge < -0.3 is 5.32 Å². The molecule has 2 aromatic rings. The van der Waals surface area contributed by atoms with E-state index >= 15 is 0 Å². The summed E-state index contributed by atoms with van der Waals surface area (Å²) in [5, 5.41) is 4.45. The lowest BCUT2D eigenvalue weighted by Gasteiger charge is -2.08. The molecule has 1 fully saturated rings. The molecule has 1 atom stereocenters. The summed E-state index contributed by atoms with van der Waals surface area (Å²) < 4.78 is 0. The summed E-state index contributed by atoms with van der Waals surface area (Å²) in [5.74, 6) is 1.03. The van der Waals surface area contributed by atoms with Crippen LogP contribution >= 0.6 is 0 Å². The molecule has 0 bridgehead atoms. The highest BCUT2D eigenvalue weighted by Gasteiger charge is 2.16. The monoisotopic (exact) mass is 268 g/mol. The van der Waals surface area contributed by atoms with Crippen molar-refractivity contribution in [2.45, 2.75) is 25.7 Å². The van der Waals surface area contributed by atoms with Gasteiger partial charge in [-0.05, 0) is 49.5 Å². The molecule has 0 radical (unpaired) electrons. The first kappa shape index (κ1) is 13.3. The first-order chi connectivity index (χ1) is 9.83. The largest absolute Gasteiger partial charge is 0.316 e. The van der Waals surface area contributed by atoms with E-state index in [0.717, 1.165) is 36.0 Å². The predicted molar refractivity (Wildman–Crippen MR) is 80.7 cm³/mol. The van der Waals surface area contributed by atoms with Gasteiger partial charge in [-0.25, -0.2) is 0 Å². The molecule has 1 N–H and O–H groups in total. The molecule has 1 aromatic heterocycles. The van der Waals surface area contributed by atoms with Gasteiger partial charge in [0.2, 0.25) is 0 Å². The summed E-state index contributed by atoms with van der Waals surface area (Å²) in [6, 6.07) is 9.99. The van der Waals surface area contributed by atoms with Crippen molar-refractivity contribution in [3.05, 3.63) is 42.1 Å². The van der Waals surface area contributed by atoms with Crippen LogP contribution in [-0.4, -0.2) is 23.9 Å². The van der Waals surface area contributed by atoms with Crippen LogP contribution < -0.4 is 5.32 Å². The molecule has 3 nitrogen and oxygen atoms in total. The fourth-order valence-electron chi connectivity index (χ4n) is 2.94. The highest BCUT2D eigenvalue weighted by atomic mass is 16.1. The van der Waals surface area contributed by atoms with E-state index in [9.17, 15) is 4.79 Å². The minimum atomic E-state index is 0.341. The van der Waals surface area contributed by atoms with Crippen LogP contribution in [0.5, 0.6) is 0 Å². The van der Waals surface area contributed by atoms with E-state index in [1.54, 1.807) is 6.20 Å². The lowest BCUT2D eigenvalue weighted by Crippen LogP contribution is -2.11. The van der Waals surface area contributed by atoms with E-state index in [1.165, 1.54) is 6.42 Å². The Labute approximate surface area is 119 Å². The fraction of sp³-hybridized carbons (Fsp3) is 0.412. The number of benzene rings is 1. The zero-order valence-electron chi connectivity index (χ0n) is 11.6. The highest BCUT2D eigenvalue weighted by molar-refractivity contribution is 5.88. The topological polar surface area (TPSA) is 42.0 Å². The van der Waals surface area contributed by atoms with E-state index in [1.807, 2.05) is 30.3 Å². The average molecular weight is 268 g/mol. The Morgan fingerprint density at radius 1 is 1.30 bits per heavy atom. The van der Waals surface area contributed by atoms with E-state index in [-0.39, 0.29) is 0 Å². The number of aromatic nitrogens is 1. The number of hydrogen-bond donors (Lipinski definition) is 1. The number of nitrogens with one attached hydrogen (secondary N) is 1. The van der Waals surface area contributed by atoms with Gasteiger partial charge in [0.15, 0.2) is 0 Å². The van der Waals surface area contributed by atoms with Crippen molar-refractivity contribution in [2.24, 2.45) is 5.92 Å². The zero-order chi connectivity index (χ0) is 13.8. The van der Waals surface area contributed by atoms with Gasteiger partial charge in [-0.1, -0.05) is 18.2 Å². The molecular weight excluding hydrogens is 248 g/mol. The number of ketones is 1. The standard InChI is InChI=1S/C17H20N2O/c20-15(6-5-13-7-9-18-12-13)11-14-8-10-19-17-4-2-1-3-16(14)17/h1-4,8,10,13,18H,5-7,9,11-12H2. The van der Waals surface area contributed by atoms with Crippen LogP contribution in [0.25, 0.3) is 10.9 Å². The number of fused-ring (bicyclic) bond motifs is 1. The molecule has 1 saturated heterocycles. The van der Waals surface area contributed by atoms with Crippen LogP contribution in [0.3, 0.4) is 0 Å². The van der Waals surface area contributed by atoms with Gasteiger partial charge in [-0.2, -0.15) is 0 Å². The van der Waals surface area contributed by atoms with Crippen LogP contribution in [0.1, 0.15) is 24.8 Å². The first-order valence-corrected chi connectivity index (χ1v) is 7.38. The Balaban J connectivity index is 1.65. The highest BCUT2D eigenvalue weighted by Crippen LogP contribution is 2.19. The minimum Gasteiger partial charge on any atom is -0.316 e. The summed E-state index contributed by atoms with van der Waals surface area (Å²) in [6.07, 6.45) is 5.26. The maximum atomic E-state index is 12.2. The first-order valence-electron chi connectivity index (χ1n) is 7.38. The van der Waals surface area contributed by atoms with Crippen LogP contribution in [-0.2, 0) is 11.2 Å². The second-order valence-corrected chi connectivity index (χ2v) is 5.60. The van der Waals surface area contributed by atoms with Gasteiger partial charge in [0.05, 0.1) is 5.52 Å². The van der Waals surface area contributed by atoms with Crippen molar-refractivity contribution >= 4 is 16.7 Å². The van der Waals surface area contributed by atoms with Gasteiger partial charge in [0.25, 0.3) is 0 Å². The molecule has 2 heterocycles. The minimum absolute atomic E-state index is 0.341. The van der Waals surface area contributed by atoms with Gasteiger partial charge in [-0.3, -0.25) is 9.78 Å². The number of hydrogen-bond acceptors (Lipinski definition) is 3. The summed E-state index contributed by atoms with van der Waals surface area (Å²) in [7, 11) is 0. The number of para-hydroxylation sites is 1. The van der Waals surface area contributed by atoms with Gasteiger partial charge in [-0.15, -0.1) is 0 Å². The zero-order valence-corrected chi connectivity index (χ0v) is 11.6. The van der Waals surface area contributed by atoms with Crippen LogP contribution in [0.15, 0.2) is 36.5 Å². The lowest BCUT2D eigenvalue weighted by molar-refractivity contribution is -0.118. The van der Waals surface area contributed by atoms with Gasteiger partial charge >= 0.3 is 0 Å². The lowest BCUT2D eigenvalue weighted by atomic mass is 9.97. The number of carbonyl (C=O) groups excluding carboxylic acids is 1. The Hall–Kier alpha value is -1.74. The van der Waals surface area contributed by atoms with Gasteiger partial charge in [0.1, 0.15) is 5.78 Å². The van der Waals surface area contributed by atoms with E-state index in [0.29, 0.717) is 24.5 Å². The number of pyridine rings is 1. The summed E-state index contributed by atoms with van der Waals surface area (Å²) >= 11 is 0. The van der Waals surface area contributed by atoms with Crippen LogP contribution in [0.2, 0.25) is 0 Å². The van der Waals surface area contributed by atoms with E-state index < -0.39 is 0 Å². The molecule has 20 heavy (non-hydrogen) atoms. The molecule has 1 aliphatic rings.